The molecule has 0 bridgehead atoms. The zero-order valence-electron chi connectivity index (χ0n) is 26.2. The molecule has 48 heavy (non-hydrogen) atoms. The van der Waals surface area contributed by atoms with E-state index in [0.29, 0.717) is 17.5 Å². The van der Waals surface area contributed by atoms with Gasteiger partial charge in [0.15, 0.2) is 17.5 Å². The highest BCUT2D eigenvalue weighted by Crippen LogP contribution is 2.35. The van der Waals surface area contributed by atoms with E-state index in [1.165, 1.54) is 22.3 Å². The van der Waals surface area contributed by atoms with Crippen LogP contribution in [0.5, 0.6) is 0 Å². The summed E-state index contributed by atoms with van der Waals surface area (Å²) in [7, 11) is 0. The van der Waals surface area contributed by atoms with Crippen LogP contribution in [-0.2, 0) is 0 Å². The average Bonchev–Trinajstić information content (AvgIpc) is 3.19. The molecule has 226 valence electrons. The largest absolute Gasteiger partial charge is 0.208 e. The molecule has 0 unspecified atom stereocenters. The maximum absolute atomic E-state index is 5.10. The van der Waals surface area contributed by atoms with Crippen molar-refractivity contribution in [1.82, 2.24) is 15.0 Å². The van der Waals surface area contributed by atoms with Crippen LogP contribution in [0.3, 0.4) is 0 Å². The zero-order valence-corrected chi connectivity index (χ0v) is 26.2. The first-order valence-corrected chi connectivity index (χ1v) is 16.1. The van der Waals surface area contributed by atoms with Gasteiger partial charge in [0, 0.05) is 16.7 Å². The Morgan fingerprint density at radius 3 is 0.917 bits per heavy atom. The van der Waals surface area contributed by atoms with Gasteiger partial charge in [-0.15, -0.1) is 0 Å². The minimum atomic E-state index is 0.632. The van der Waals surface area contributed by atoms with Crippen molar-refractivity contribution < 1.29 is 0 Å². The van der Waals surface area contributed by atoms with Crippen LogP contribution in [0.15, 0.2) is 188 Å². The minimum Gasteiger partial charge on any atom is -0.208 e. The van der Waals surface area contributed by atoms with Gasteiger partial charge in [-0.05, 0) is 44.5 Å². The van der Waals surface area contributed by atoms with Crippen LogP contribution in [0.1, 0.15) is 0 Å². The van der Waals surface area contributed by atoms with Gasteiger partial charge < -0.3 is 0 Å². The van der Waals surface area contributed by atoms with E-state index in [4.69, 9.17) is 15.0 Å². The Morgan fingerprint density at radius 2 is 0.458 bits per heavy atom. The van der Waals surface area contributed by atoms with Crippen LogP contribution >= 0.6 is 0 Å². The molecule has 0 saturated carbocycles. The summed E-state index contributed by atoms with van der Waals surface area (Å²) >= 11 is 0. The molecule has 0 amide bonds. The van der Waals surface area contributed by atoms with Crippen molar-refractivity contribution in [2.75, 3.05) is 0 Å². The fourth-order valence-corrected chi connectivity index (χ4v) is 6.15. The van der Waals surface area contributed by atoms with E-state index < -0.39 is 0 Å². The SMILES string of the molecule is c1ccc(-c2ccc(-c3nc(-c4ccc(-c5ccccc5-c5ccccc5)cc4)nc(-c4ccccc4-c4ccccc4)n3)cc2)cc1. The Labute approximate surface area is 280 Å². The van der Waals surface area contributed by atoms with E-state index in [-0.39, 0.29) is 0 Å². The molecule has 0 fully saturated rings. The second-order valence-electron chi connectivity index (χ2n) is 11.7. The zero-order chi connectivity index (χ0) is 32.1. The van der Waals surface area contributed by atoms with Crippen LogP contribution in [0.2, 0.25) is 0 Å². The number of benzene rings is 7. The van der Waals surface area contributed by atoms with Crippen molar-refractivity contribution in [3.8, 4) is 78.7 Å². The maximum atomic E-state index is 5.10. The van der Waals surface area contributed by atoms with Gasteiger partial charge in [0.1, 0.15) is 0 Å². The summed E-state index contributed by atoms with van der Waals surface area (Å²) in [6, 6.07) is 65.1. The number of hydrogen-bond acceptors (Lipinski definition) is 3. The second kappa shape index (κ2) is 13.1. The molecule has 0 saturated heterocycles. The first-order valence-electron chi connectivity index (χ1n) is 16.1. The van der Waals surface area contributed by atoms with Crippen molar-refractivity contribution >= 4 is 0 Å². The van der Waals surface area contributed by atoms with Gasteiger partial charge in [-0.1, -0.05) is 188 Å². The third-order valence-electron chi connectivity index (χ3n) is 8.60. The lowest BCUT2D eigenvalue weighted by atomic mass is 9.94. The summed E-state index contributed by atoms with van der Waals surface area (Å²) in [6.07, 6.45) is 0. The normalized spacial score (nSPS) is 10.9. The minimum absolute atomic E-state index is 0.632. The first-order chi connectivity index (χ1) is 23.8. The Kier molecular flexibility index (Phi) is 7.92. The molecule has 8 rings (SSSR count). The molecule has 0 N–H and O–H groups in total. The summed E-state index contributed by atoms with van der Waals surface area (Å²) in [6.45, 7) is 0. The summed E-state index contributed by atoms with van der Waals surface area (Å²) < 4.78 is 0. The summed E-state index contributed by atoms with van der Waals surface area (Å²) in [5, 5.41) is 0. The van der Waals surface area contributed by atoms with Gasteiger partial charge in [-0.2, -0.15) is 0 Å². The summed E-state index contributed by atoms with van der Waals surface area (Å²) in [5.74, 6) is 1.91. The number of aromatic nitrogens is 3. The van der Waals surface area contributed by atoms with E-state index >= 15 is 0 Å². The van der Waals surface area contributed by atoms with Gasteiger partial charge >= 0.3 is 0 Å². The molecule has 1 aromatic heterocycles. The van der Waals surface area contributed by atoms with Crippen molar-refractivity contribution in [3.05, 3.63) is 188 Å². The van der Waals surface area contributed by atoms with E-state index in [1.807, 2.05) is 24.3 Å². The highest BCUT2D eigenvalue weighted by molar-refractivity contribution is 5.85. The highest BCUT2D eigenvalue weighted by atomic mass is 15.0. The topological polar surface area (TPSA) is 38.7 Å². The molecule has 0 aliphatic heterocycles. The summed E-state index contributed by atoms with van der Waals surface area (Å²) in [4.78, 5) is 15.2. The van der Waals surface area contributed by atoms with Crippen molar-refractivity contribution in [2.24, 2.45) is 0 Å². The van der Waals surface area contributed by atoms with Gasteiger partial charge in [0.25, 0.3) is 0 Å². The molecule has 0 aliphatic carbocycles. The van der Waals surface area contributed by atoms with Gasteiger partial charge in [0.05, 0.1) is 0 Å². The van der Waals surface area contributed by atoms with Crippen LogP contribution in [0.4, 0.5) is 0 Å². The molecule has 0 radical (unpaired) electrons. The van der Waals surface area contributed by atoms with E-state index in [2.05, 4.69) is 164 Å². The first kappa shape index (κ1) is 29.0. The highest BCUT2D eigenvalue weighted by Gasteiger charge is 2.16. The third-order valence-corrected chi connectivity index (χ3v) is 8.60. The molecule has 3 heteroatoms. The predicted octanol–water partition coefficient (Wildman–Crippen LogP) is 11.5. The van der Waals surface area contributed by atoms with E-state index in [0.717, 1.165) is 38.9 Å². The fraction of sp³-hybridized carbons (Fsp3) is 0. The smallest absolute Gasteiger partial charge is 0.164 e. The molecule has 0 aliphatic rings. The maximum Gasteiger partial charge on any atom is 0.164 e. The van der Waals surface area contributed by atoms with Crippen LogP contribution < -0.4 is 0 Å². The van der Waals surface area contributed by atoms with Gasteiger partial charge in [-0.3, -0.25) is 0 Å². The standard InChI is InChI=1S/C45H31N3/c1-4-14-32(15-5-1)33-24-28-37(29-25-33)43-46-44(48-45(47-43)42-23-13-12-22-41(42)35-18-8-3-9-19-35)38-30-26-36(27-31-38)40-21-11-10-20-39(40)34-16-6-2-7-17-34/h1-31H. The van der Waals surface area contributed by atoms with E-state index in [9.17, 15) is 0 Å². The fourth-order valence-electron chi connectivity index (χ4n) is 6.15. The number of nitrogens with zero attached hydrogens (tertiary/aromatic N) is 3. The monoisotopic (exact) mass is 613 g/mol. The molecule has 8 aromatic rings. The van der Waals surface area contributed by atoms with E-state index in [1.54, 1.807) is 0 Å². The molecule has 0 spiro atoms. The Balaban J connectivity index is 1.23. The average molecular weight is 614 g/mol. The lowest BCUT2D eigenvalue weighted by Gasteiger charge is -2.13. The van der Waals surface area contributed by atoms with Crippen molar-refractivity contribution in [1.29, 1.82) is 0 Å². The number of rotatable bonds is 7. The second-order valence-corrected chi connectivity index (χ2v) is 11.7. The van der Waals surface area contributed by atoms with Crippen LogP contribution in [0, 0.1) is 0 Å². The van der Waals surface area contributed by atoms with Crippen molar-refractivity contribution in [2.45, 2.75) is 0 Å². The lowest BCUT2D eigenvalue weighted by Crippen LogP contribution is -2.01. The van der Waals surface area contributed by atoms with Crippen LogP contribution in [0.25, 0.3) is 78.7 Å². The molecule has 0 atom stereocenters. The molecule has 1 heterocycles. The Bertz CT molecular complexity index is 2300. The molecular weight excluding hydrogens is 583 g/mol. The Hall–Kier alpha value is -6.45. The van der Waals surface area contributed by atoms with Gasteiger partial charge in [-0.25, -0.2) is 15.0 Å². The van der Waals surface area contributed by atoms with Gasteiger partial charge in [0.2, 0.25) is 0 Å². The van der Waals surface area contributed by atoms with Crippen molar-refractivity contribution in [3.63, 3.8) is 0 Å². The quantitative estimate of drug-likeness (QED) is 0.179. The molecule has 7 aromatic carbocycles. The third kappa shape index (κ3) is 5.93. The Morgan fingerprint density at radius 1 is 0.188 bits per heavy atom. The predicted molar refractivity (Wildman–Crippen MR) is 198 cm³/mol. The van der Waals surface area contributed by atoms with Crippen LogP contribution in [-0.4, -0.2) is 15.0 Å². The molecular formula is C45H31N3. The number of hydrogen-bond donors (Lipinski definition) is 0. The molecule has 3 nitrogen and oxygen atoms in total. The summed E-state index contributed by atoms with van der Waals surface area (Å²) in [5.41, 5.74) is 12.1. The lowest BCUT2D eigenvalue weighted by molar-refractivity contribution is 1.07.